The van der Waals surface area contributed by atoms with Crippen LogP contribution in [0.15, 0.2) is 48.5 Å². The molecule has 2 aromatic carbocycles. The van der Waals surface area contributed by atoms with E-state index in [1.165, 1.54) is 6.92 Å². The minimum atomic E-state index is -0.247. The van der Waals surface area contributed by atoms with Crippen LogP contribution in [0, 0.1) is 0 Å². The highest BCUT2D eigenvalue weighted by Gasteiger charge is 2.16. The van der Waals surface area contributed by atoms with E-state index in [0.29, 0.717) is 12.2 Å². The molecule has 3 amide bonds. The first-order valence-corrected chi connectivity index (χ1v) is 9.52. The van der Waals surface area contributed by atoms with Crippen LogP contribution in [0.5, 0.6) is 5.75 Å². The van der Waals surface area contributed by atoms with E-state index in [-0.39, 0.29) is 24.0 Å². The molecule has 0 fully saturated rings. The Morgan fingerprint density at radius 2 is 1.76 bits per heavy atom. The van der Waals surface area contributed by atoms with E-state index in [2.05, 4.69) is 20.9 Å². The second kappa shape index (κ2) is 10.5. The molecule has 0 radical (unpaired) electrons. The summed E-state index contributed by atoms with van der Waals surface area (Å²) in [5, 5.41) is 8.64. The molecule has 0 heterocycles. The Labute approximate surface area is 172 Å². The second-order valence-corrected chi connectivity index (χ2v) is 7.14. The molecule has 7 heteroatoms. The third kappa shape index (κ3) is 6.80. The van der Waals surface area contributed by atoms with Crippen LogP contribution in [-0.4, -0.2) is 44.6 Å². The molecule has 0 aliphatic heterocycles. The number of ether oxygens (including phenoxy) is 1. The summed E-state index contributed by atoms with van der Waals surface area (Å²) in [4.78, 5) is 25.7. The quantitative estimate of drug-likeness (QED) is 0.637. The van der Waals surface area contributed by atoms with Crippen molar-refractivity contribution in [1.82, 2.24) is 15.5 Å². The Morgan fingerprint density at radius 1 is 1.07 bits per heavy atom. The number of methoxy groups -OCH3 is 1. The van der Waals surface area contributed by atoms with Gasteiger partial charge in [0.25, 0.3) is 0 Å². The Hall–Kier alpha value is -3.06. The predicted octanol–water partition coefficient (Wildman–Crippen LogP) is 3.32. The maximum absolute atomic E-state index is 12.4. The van der Waals surface area contributed by atoms with Gasteiger partial charge in [0, 0.05) is 19.2 Å². The molecule has 0 saturated heterocycles. The fraction of sp³-hybridized carbons (Fsp3) is 0.364. The number of hydrogen-bond acceptors (Lipinski definition) is 4. The fourth-order valence-electron chi connectivity index (χ4n) is 3.03. The first kappa shape index (κ1) is 22.2. The van der Waals surface area contributed by atoms with Gasteiger partial charge in [0.05, 0.1) is 19.2 Å². The van der Waals surface area contributed by atoms with Gasteiger partial charge in [0.15, 0.2) is 0 Å². The first-order valence-electron chi connectivity index (χ1n) is 9.52. The number of carbonyl (C=O) groups excluding carboxylic acids is 2. The summed E-state index contributed by atoms with van der Waals surface area (Å²) < 4.78 is 5.21. The lowest BCUT2D eigenvalue weighted by Crippen LogP contribution is -2.41. The minimum Gasteiger partial charge on any atom is -0.497 e. The smallest absolute Gasteiger partial charge is 0.315 e. The summed E-state index contributed by atoms with van der Waals surface area (Å²) >= 11 is 0. The van der Waals surface area contributed by atoms with Gasteiger partial charge >= 0.3 is 6.03 Å². The molecule has 0 aliphatic rings. The molecule has 7 nitrogen and oxygen atoms in total. The zero-order valence-electron chi connectivity index (χ0n) is 17.7. The van der Waals surface area contributed by atoms with E-state index in [1.807, 2.05) is 69.6 Å². The molecular weight excluding hydrogens is 368 g/mol. The first-order chi connectivity index (χ1) is 13.8. The molecule has 156 valence electrons. The SMILES string of the molecule is COc1ccc(C(CNC(=O)NC(C)c2cccc(NC(C)=O)c2)N(C)C)cc1. The van der Waals surface area contributed by atoms with E-state index in [4.69, 9.17) is 4.74 Å². The highest BCUT2D eigenvalue weighted by atomic mass is 16.5. The van der Waals surface area contributed by atoms with Crippen LogP contribution in [-0.2, 0) is 4.79 Å². The number of amides is 3. The molecular formula is C22H30N4O3. The van der Waals surface area contributed by atoms with Gasteiger partial charge in [-0.15, -0.1) is 0 Å². The minimum absolute atomic E-state index is 0.0325. The third-order valence-corrected chi connectivity index (χ3v) is 4.63. The van der Waals surface area contributed by atoms with Crippen molar-refractivity contribution >= 4 is 17.6 Å². The van der Waals surface area contributed by atoms with Crippen molar-refractivity contribution < 1.29 is 14.3 Å². The molecule has 0 aliphatic carbocycles. The number of rotatable bonds is 8. The summed E-state index contributed by atoms with van der Waals surface area (Å²) in [5.41, 5.74) is 2.70. The van der Waals surface area contributed by atoms with Crippen molar-refractivity contribution in [3.05, 3.63) is 59.7 Å². The van der Waals surface area contributed by atoms with Crippen LogP contribution >= 0.6 is 0 Å². The summed E-state index contributed by atoms with van der Waals surface area (Å²) in [6, 6.07) is 14.8. The van der Waals surface area contributed by atoms with Gasteiger partial charge in [0.1, 0.15) is 5.75 Å². The van der Waals surface area contributed by atoms with Gasteiger partial charge in [-0.1, -0.05) is 24.3 Å². The third-order valence-electron chi connectivity index (χ3n) is 4.63. The fourth-order valence-corrected chi connectivity index (χ4v) is 3.03. The van der Waals surface area contributed by atoms with Crippen molar-refractivity contribution in [3.8, 4) is 5.75 Å². The largest absolute Gasteiger partial charge is 0.497 e. The van der Waals surface area contributed by atoms with Crippen LogP contribution in [0.4, 0.5) is 10.5 Å². The molecule has 2 atom stereocenters. The van der Waals surface area contributed by atoms with Crippen molar-refractivity contribution in [3.63, 3.8) is 0 Å². The maximum Gasteiger partial charge on any atom is 0.315 e. The molecule has 2 unspecified atom stereocenters. The zero-order chi connectivity index (χ0) is 21.4. The van der Waals surface area contributed by atoms with Crippen molar-refractivity contribution in [1.29, 1.82) is 0 Å². The van der Waals surface area contributed by atoms with Crippen LogP contribution in [0.3, 0.4) is 0 Å². The topological polar surface area (TPSA) is 82.7 Å². The molecule has 0 bridgehead atoms. The van der Waals surface area contributed by atoms with Crippen molar-refractivity contribution in [2.45, 2.75) is 25.9 Å². The molecule has 0 spiro atoms. The predicted molar refractivity (Wildman–Crippen MR) is 115 cm³/mol. The number of likely N-dealkylation sites (N-methyl/N-ethyl adjacent to an activating group) is 1. The lowest BCUT2D eigenvalue weighted by atomic mass is 10.1. The number of carbonyl (C=O) groups is 2. The van der Waals surface area contributed by atoms with E-state index in [1.54, 1.807) is 7.11 Å². The molecule has 2 rings (SSSR count). The van der Waals surface area contributed by atoms with E-state index in [9.17, 15) is 9.59 Å². The Balaban J connectivity index is 1.95. The second-order valence-electron chi connectivity index (χ2n) is 7.14. The van der Waals surface area contributed by atoms with Gasteiger partial charge in [-0.2, -0.15) is 0 Å². The van der Waals surface area contributed by atoms with E-state index < -0.39 is 0 Å². The van der Waals surface area contributed by atoms with Crippen molar-refractivity contribution in [2.24, 2.45) is 0 Å². The van der Waals surface area contributed by atoms with Gasteiger partial charge in [-0.3, -0.25) is 4.79 Å². The zero-order valence-corrected chi connectivity index (χ0v) is 17.7. The highest BCUT2D eigenvalue weighted by Crippen LogP contribution is 2.21. The summed E-state index contributed by atoms with van der Waals surface area (Å²) in [6.45, 7) is 3.83. The van der Waals surface area contributed by atoms with Crippen LogP contribution in [0.2, 0.25) is 0 Å². The van der Waals surface area contributed by atoms with Gasteiger partial charge in [0.2, 0.25) is 5.91 Å². The number of hydrogen-bond donors (Lipinski definition) is 3. The normalized spacial score (nSPS) is 12.8. The molecule has 2 aromatic rings. The monoisotopic (exact) mass is 398 g/mol. The Kier molecular flexibility index (Phi) is 8.03. The van der Waals surface area contributed by atoms with E-state index in [0.717, 1.165) is 16.9 Å². The van der Waals surface area contributed by atoms with Gasteiger partial charge in [-0.25, -0.2) is 4.79 Å². The summed E-state index contributed by atoms with van der Waals surface area (Å²) in [7, 11) is 5.59. The Morgan fingerprint density at radius 3 is 2.34 bits per heavy atom. The van der Waals surface area contributed by atoms with Gasteiger partial charge in [-0.05, 0) is 56.4 Å². The molecule has 0 saturated carbocycles. The number of nitrogens with zero attached hydrogens (tertiary/aromatic N) is 1. The lowest BCUT2D eigenvalue weighted by molar-refractivity contribution is -0.114. The average molecular weight is 399 g/mol. The van der Waals surface area contributed by atoms with Crippen LogP contribution in [0.1, 0.15) is 37.1 Å². The van der Waals surface area contributed by atoms with E-state index >= 15 is 0 Å². The van der Waals surface area contributed by atoms with Crippen molar-refractivity contribution in [2.75, 3.05) is 33.1 Å². The average Bonchev–Trinajstić information content (AvgIpc) is 2.68. The number of nitrogens with one attached hydrogen (secondary N) is 3. The van der Waals surface area contributed by atoms with Crippen LogP contribution in [0.25, 0.3) is 0 Å². The number of benzene rings is 2. The lowest BCUT2D eigenvalue weighted by Gasteiger charge is -2.26. The number of anilines is 1. The standard InChI is InChI=1S/C22H30N4O3/c1-15(18-7-6-8-19(13-18)25-16(2)27)24-22(28)23-14-21(26(3)4)17-9-11-20(29-5)12-10-17/h6-13,15,21H,14H2,1-5H3,(H,25,27)(H2,23,24,28). The summed E-state index contributed by atoms with van der Waals surface area (Å²) in [5.74, 6) is 0.668. The van der Waals surface area contributed by atoms with Crippen LogP contribution < -0.4 is 20.7 Å². The number of urea groups is 1. The van der Waals surface area contributed by atoms with Gasteiger partial charge < -0.3 is 25.6 Å². The molecule has 0 aromatic heterocycles. The molecule has 29 heavy (non-hydrogen) atoms. The Bertz CT molecular complexity index is 821. The molecule has 3 N–H and O–H groups in total. The maximum atomic E-state index is 12.4. The highest BCUT2D eigenvalue weighted by molar-refractivity contribution is 5.88. The summed E-state index contributed by atoms with van der Waals surface area (Å²) in [6.07, 6.45) is 0.